The van der Waals surface area contributed by atoms with Gasteiger partial charge in [0, 0.05) is 17.8 Å². The fraction of sp³-hybridized carbons (Fsp3) is 0.217. The number of halogens is 1. The van der Waals surface area contributed by atoms with Crippen molar-refractivity contribution in [1.29, 1.82) is 0 Å². The van der Waals surface area contributed by atoms with Crippen molar-refractivity contribution in [3.05, 3.63) is 73.1 Å². The Morgan fingerprint density at radius 2 is 1.88 bits per heavy atom. The van der Waals surface area contributed by atoms with E-state index in [1.54, 1.807) is 13.0 Å². The molecule has 0 saturated carbocycles. The van der Waals surface area contributed by atoms with E-state index in [0.29, 0.717) is 23.2 Å². The number of hydrogen-bond acceptors (Lipinski definition) is 6. The van der Waals surface area contributed by atoms with Crippen LogP contribution in [-0.2, 0) is 20.9 Å². The van der Waals surface area contributed by atoms with Gasteiger partial charge in [0.05, 0.1) is 12.4 Å². The minimum Gasteiger partial charge on any atom is -0.465 e. The van der Waals surface area contributed by atoms with Crippen molar-refractivity contribution in [3.8, 4) is 11.4 Å². The number of ether oxygens (including phenoxy) is 1. The minimum atomic E-state index is -0.545. The first-order valence-electron chi connectivity index (χ1n) is 9.97. The van der Waals surface area contributed by atoms with Gasteiger partial charge in [0.1, 0.15) is 12.4 Å². The molecule has 0 aliphatic heterocycles. The molecule has 7 nitrogen and oxygen atoms in total. The second-order valence-electron chi connectivity index (χ2n) is 6.62. The molecule has 0 unspecified atom stereocenters. The third-order valence-electron chi connectivity index (χ3n) is 4.42. The molecule has 0 aliphatic rings. The van der Waals surface area contributed by atoms with Gasteiger partial charge in [-0.15, -0.1) is 16.8 Å². The van der Waals surface area contributed by atoms with Gasteiger partial charge in [0.25, 0.3) is 0 Å². The number of benzene rings is 2. The molecule has 32 heavy (non-hydrogen) atoms. The van der Waals surface area contributed by atoms with E-state index in [9.17, 15) is 14.0 Å². The topological polar surface area (TPSA) is 77.3 Å². The Hall–Kier alpha value is -3.46. The number of esters is 1. The summed E-state index contributed by atoms with van der Waals surface area (Å²) < 4.78 is 20.2. The average molecular weight is 455 g/mol. The van der Waals surface area contributed by atoms with E-state index in [2.05, 4.69) is 16.8 Å². The maximum atomic E-state index is 13.3. The van der Waals surface area contributed by atoms with Gasteiger partial charge in [-0.2, -0.15) is 0 Å². The summed E-state index contributed by atoms with van der Waals surface area (Å²) in [6, 6.07) is 15.0. The normalized spacial score (nSPS) is 10.6. The summed E-state index contributed by atoms with van der Waals surface area (Å²) in [5.41, 5.74) is 1.30. The lowest BCUT2D eigenvalue weighted by Crippen LogP contribution is -2.37. The zero-order chi connectivity index (χ0) is 22.9. The molecule has 0 fully saturated rings. The van der Waals surface area contributed by atoms with Gasteiger partial charge in [-0.25, -0.2) is 4.39 Å². The summed E-state index contributed by atoms with van der Waals surface area (Å²) in [7, 11) is 0. The number of carbonyl (C=O) groups excluding carboxylic acids is 2. The number of amides is 1. The van der Waals surface area contributed by atoms with Gasteiger partial charge in [-0.1, -0.05) is 48.2 Å². The van der Waals surface area contributed by atoms with Gasteiger partial charge in [-0.3, -0.25) is 14.2 Å². The summed E-state index contributed by atoms with van der Waals surface area (Å²) in [4.78, 5) is 26.3. The van der Waals surface area contributed by atoms with Gasteiger partial charge in [-0.05, 0) is 31.2 Å². The molecule has 0 saturated heterocycles. The molecule has 1 heterocycles. The molecule has 1 aromatic heterocycles. The van der Waals surface area contributed by atoms with Crippen molar-refractivity contribution in [1.82, 2.24) is 14.8 Å². The smallest absolute Gasteiger partial charge is 0.326 e. The van der Waals surface area contributed by atoms with Gasteiger partial charge in [0.2, 0.25) is 5.91 Å². The summed E-state index contributed by atoms with van der Waals surface area (Å²) in [5, 5.41) is 9.05. The molecule has 0 N–H and O–H groups in total. The highest BCUT2D eigenvalue weighted by atomic mass is 32.2. The highest BCUT2D eigenvalue weighted by Crippen LogP contribution is 2.25. The molecule has 0 bridgehead atoms. The lowest BCUT2D eigenvalue weighted by atomic mass is 10.2. The van der Waals surface area contributed by atoms with Crippen LogP contribution in [0.1, 0.15) is 6.92 Å². The van der Waals surface area contributed by atoms with E-state index in [-0.39, 0.29) is 24.8 Å². The molecule has 3 aromatic rings. The van der Waals surface area contributed by atoms with Crippen LogP contribution in [0.4, 0.5) is 10.1 Å². The average Bonchev–Trinajstić information content (AvgIpc) is 3.20. The fourth-order valence-electron chi connectivity index (χ4n) is 2.97. The maximum absolute atomic E-state index is 13.3. The van der Waals surface area contributed by atoms with E-state index >= 15 is 0 Å². The largest absolute Gasteiger partial charge is 0.465 e. The Morgan fingerprint density at radius 3 is 2.53 bits per heavy atom. The van der Waals surface area contributed by atoms with Crippen molar-refractivity contribution in [2.75, 3.05) is 23.8 Å². The molecule has 1 amide bonds. The third kappa shape index (κ3) is 5.82. The Labute approximate surface area is 189 Å². The zero-order valence-corrected chi connectivity index (χ0v) is 18.4. The van der Waals surface area contributed by atoms with E-state index in [1.807, 2.05) is 34.9 Å². The zero-order valence-electron chi connectivity index (χ0n) is 17.6. The number of anilines is 1. The van der Waals surface area contributed by atoms with Crippen molar-refractivity contribution in [3.63, 3.8) is 0 Å². The van der Waals surface area contributed by atoms with Crippen LogP contribution in [0.25, 0.3) is 11.4 Å². The Kier molecular flexibility index (Phi) is 8.15. The van der Waals surface area contributed by atoms with E-state index in [4.69, 9.17) is 4.74 Å². The molecular formula is C23H23FN4O3S. The standard InChI is InChI=1S/C23H23FN4O3S/c1-3-14-27-22(17-8-6-5-7-9-17)25-26-23(27)32-16-20(29)28(15-21(30)31-4-2)19-12-10-18(24)11-13-19/h3,5-13H,1,4,14-16H2,2H3. The quantitative estimate of drug-likeness (QED) is 0.262. The molecule has 0 atom stereocenters. The lowest BCUT2D eigenvalue weighted by molar-refractivity contribution is -0.142. The van der Waals surface area contributed by atoms with E-state index in [0.717, 1.165) is 5.56 Å². The number of hydrogen-bond donors (Lipinski definition) is 0. The number of carbonyl (C=O) groups is 2. The predicted molar refractivity (Wildman–Crippen MR) is 122 cm³/mol. The van der Waals surface area contributed by atoms with E-state index in [1.165, 1.54) is 40.9 Å². The highest BCUT2D eigenvalue weighted by molar-refractivity contribution is 7.99. The minimum absolute atomic E-state index is 0.000841. The molecule has 2 aromatic carbocycles. The Balaban J connectivity index is 1.79. The number of thioether (sulfide) groups is 1. The number of allylic oxidation sites excluding steroid dienone is 1. The van der Waals surface area contributed by atoms with Crippen LogP contribution in [0.5, 0.6) is 0 Å². The molecule has 0 spiro atoms. The Bertz CT molecular complexity index is 1070. The second kappa shape index (κ2) is 11.2. The number of rotatable bonds is 10. The summed E-state index contributed by atoms with van der Waals surface area (Å²) in [6.45, 7) is 5.88. The molecule has 166 valence electrons. The van der Waals surface area contributed by atoms with Gasteiger partial charge < -0.3 is 9.64 Å². The Morgan fingerprint density at radius 1 is 1.16 bits per heavy atom. The number of aromatic nitrogens is 3. The van der Waals surface area contributed by atoms with Crippen LogP contribution < -0.4 is 4.90 Å². The molecule has 3 rings (SSSR count). The fourth-order valence-corrected chi connectivity index (χ4v) is 3.80. The molecule has 0 aliphatic carbocycles. The predicted octanol–water partition coefficient (Wildman–Crippen LogP) is 3.96. The van der Waals surface area contributed by atoms with Crippen LogP contribution in [0, 0.1) is 5.82 Å². The van der Waals surface area contributed by atoms with Gasteiger partial charge in [0.15, 0.2) is 11.0 Å². The first-order chi connectivity index (χ1) is 15.5. The summed E-state index contributed by atoms with van der Waals surface area (Å²) >= 11 is 1.20. The maximum Gasteiger partial charge on any atom is 0.326 e. The van der Waals surface area contributed by atoms with Crippen LogP contribution in [0.15, 0.2) is 72.4 Å². The summed E-state index contributed by atoms with van der Waals surface area (Å²) in [5.74, 6) is -0.652. The molecule has 9 heteroatoms. The third-order valence-corrected chi connectivity index (χ3v) is 5.37. The summed E-state index contributed by atoms with van der Waals surface area (Å²) in [6.07, 6.45) is 1.73. The number of nitrogens with zero attached hydrogens (tertiary/aromatic N) is 4. The first kappa shape index (κ1) is 23.2. The SMILES string of the molecule is C=CCn1c(SCC(=O)N(CC(=O)OCC)c2ccc(F)cc2)nnc1-c1ccccc1. The van der Waals surface area contributed by atoms with Crippen LogP contribution in [0.2, 0.25) is 0 Å². The van der Waals surface area contributed by atoms with Crippen molar-refractivity contribution < 1.29 is 18.7 Å². The highest BCUT2D eigenvalue weighted by Gasteiger charge is 2.22. The first-order valence-corrected chi connectivity index (χ1v) is 11.0. The monoisotopic (exact) mass is 454 g/mol. The lowest BCUT2D eigenvalue weighted by Gasteiger charge is -2.21. The van der Waals surface area contributed by atoms with Crippen LogP contribution in [-0.4, -0.2) is 45.5 Å². The van der Waals surface area contributed by atoms with E-state index < -0.39 is 11.8 Å². The molecule has 0 radical (unpaired) electrons. The second-order valence-corrected chi connectivity index (χ2v) is 7.56. The van der Waals surface area contributed by atoms with Gasteiger partial charge >= 0.3 is 5.97 Å². The van der Waals surface area contributed by atoms with Crippen LogP contribution in [0.3, 0.4) is 0 Å². The van der Waals surface area contributed by atoms with Crippen molar-refractivity contribution in [2.24, 2.45) is 0 Å². The van der Waals surface area contributed by atoms with Crippen LogP contribution >= 0.6 is 11.8 Å². The van der Waals surface area contributed by atoms with Crippen molar-refractivity contribution in [2.45, 2.75) is 18.6 Å². The molecular weight excluding hydrogens is 431 g/mol. The van der Waals surface area contributed by atoms with Crippen molar-refractivity contribution >= 4 is 29.3 Å².